The van der Waals surface area contributed by atoms with Crippen molar-refractivity contribution in [2.24, 2.45) is 0 Å². The zero-order valence-electron chi connectivity index (χ0n) is 41.4. The Kier molecular flexibility index (Phi) is 43.6. The number of carbonyl (C=O) groups excluding carboxylic acids is 2. The van der Waals surface area contributed by atoms with Crippen LogP contribution in [0.25, 0.3) is 0 Å². The fourth-order valence-corrected chi connectivity index (χ4v) is 8.14. The molecule has 0 heterocycles. The lowest BCUT2D eigenvalue weighted by atomic mass is 10.0. The number of carbonyl (C=O) groups is 2. The number of hydrogen-bond donors (Lipinski definition) is 1. The van der Waals surface area contributed by atoms with Crippen molar-refractivity contribution in [3.63, 3.8) is 0 Å². The molecule has 0 aliphatic carbocycles. The Labute approximate surface area is 383 Å². The fraction of sp³-hybridized carbons (Fsp3) is 0.885. The largest absolute Gasteiger partial charge is 0.472 e. The van der Waals surface area contributed by atoms with E-state index in [0.717, 1.165) is 57.8 Å². The Morgan fingerprint density at radius 1 is 0.500 bits per heavy atom. The van der Waals surface area contributed by atoms with E-state index in [2.05, 4.69) is 38.2 Å². The molecule has 9 nitrogen and oxygen atoms in total. The maximum Gasteiger partial charge on any atom is 0.472 e. The first-order chi connectivity index (χ1) is 30.0. The number of unbranched alkanes of at least 4 members (excludes halogenated alkanes) is 30. The van der Waals surface area contributed by atoms with Crippen molar-refractivity contribution >= 4 is 19.8 Å². The summed E-state index contributed by atoms with van der Waals surface area (Å²) in [6, 6.07) is 0. The van der Waals surface area contributed by atoms with E-state index in [9.17, 15) is 19.0 Å². The van der Waals surface area contributed by atoms with Crippen LogP contribution in [-0.4, -0.2) is 74.9 Å². The van der Waals surface area contributed by atoms with Crippen LogP contribution in [0.4, 0.5) is 0 Å². The molecule has 0 radical (unpaired) electrons. The van der Waals surface area contributed by atoms with Gasteiger partial charge in [0, 0.05) is 12.8 Å². The Bertz CT molecular complexity index is 1110. The lowest BCUT2D eigenvalue weighted by Crippen LogP contribution is -2.37. The quantitative estimate of drug-likeness (QED) is 0.0211. The van der Waals surface area contributed by atoms with Gasteiger partial charge in [-0.1, -0.05) is 212 Å². The van der Waals surface area contributed by atoms with Gasteiger partial charge >= 0.3 is 19.8 Å². The average molecular weight is 899 g/mol. The molecule has 1 N–H and O–H groups in total. The lowest BCUT2D eigenvalue weighted by molar-refractivity contribution is -0.870. The molecule has 0 aliphatic rings. The van der Waals surface area contributed by atoms with E-state index in [1.54, 1.807) is 0 Å². The van der Waals surface area contributed by atoms with E-state index in [1.807, 2.05) is 21.1 Å². The third-order valence-corrected chi connectivity index (χ3v) is 12.5. The highest BCUT2D eigenvalue weighted by Crippen LogP contribution is 2.43. The minimum atomic E-state index is -4.38. The molecule has 0 saturated heterocycles. The van der Waals surface area contributed by atoms with Crippen molar-refractivity contribution in [1.82, 2.24) is 0 Å². The summed E-state index contributed by atoms with van der Waals surface area (Å²) < 4.78 is 34.4. The van der Waals surface area contributed by atoms with Gasteiger partial charge in [-0.25, -0.2) is 4.57 Å². The normalized spacial score (nSPS) is 13.6. The average Bonchev–Trinajstić information content (AvgIpc) is 3.23. The van der Waals surface area contributed by atoms with E-state index in [-0.39, 0.29) is 25.6 Å². The molecule has 0 saturated carbocycles. The molecule has 0 aliphatic heterocycles. The first kappa shape index (κ1) is 60.5. The smallest absolute Gasteiger partial charge is 0.462 e. The number of rotatable bonds is 48. The Hall–Kier alpha value is -1.51. The summed E-state index contributed by atoms with van der Waals surface area (Å²) in [5.41, 5.74) is 0. The molecule has 0 aromatic carbocycles. The summed E-state index contributed by atoms with van der Waals surface area (Å²) in [7, 11) is 1.48. The number of likely N-dealkylation sites (N-methyl/N-ethyl adjacent to an activating group) is 1. The number of esters is 2. The van der Waals surface area contributed by atoms with Gasteiger partial charge in [0.25, 0.3) is 0 Å². The fourth-order valence-electron chi connectivity index (χ4n) is 7.40. The predicted molar refractivity (Wildman–Crippen MR) is 261 cm³/mol. The van der Waals surface area contributed by atoms with Crippen LogP contribution in [-0.2, 0) is 32.7 Å². The molecule has 0 amide bonds. The van der Waals surface area contributed by atoms with Crippen LogP contribution in [0.1, 0.15) is 245 Å². The molecule has 0 aromatic rings. The van der Waals surface area contributed by atoms with E-state index in [4.69, 9.17) is 18.5 Å². The van der Waals surface area contributed by atoms with E-state index in [1.165, 1.54) is 154 Å². The first-order valence-corrected chi connectivity index (χ1v) is 27.6. The molecule has 0 spiro atoms. The second-order valence-corrected chi connectivity index (χ2v) is 20.4. The lowest BCUT2D eigenvalue weighted by Gasteiger charge is -2.24. The number of hydrogen-bond acceptors (Lipinski definition) is 7. The van der Waals surface area contributed by atoms with Crippen molar-refractivity contribution in [3.05, 3.63) is 24.3 Å². The summed E-state index contributed by atoms with van der Waals surface area (Å²) in [6.45, 7) is 4.43. The Morgan fingerprint density at radius 3 is 1.29 bits per heavy atom. The van der Waals surface area contributed by atoms with E-state index < -0.39 is 26.5 Å². The monoisotopic (exact) mass is 899 g/mol. The molecular formula is C52H101NO8P+. The number of allylic oxidation sites excluding steroid dienone is 4. The molecule has 366 valence electrons. The zero-order valence-corrected chi connectivity index (χ0v) is 42.3. The molecule has 62 heavy (non-hydrogen) atoms. The second-order valence-electron chi connectivity index (χ2n) is 18.9. The van der Waals surface area contributed by atoms with Gasteiger partial charge in [0.05, 0.1) is 27.7 Å². The van der Waals surface area contributed by atoms with Gasteiger partial charge < -0.3 is 18.9 Å². The van der Waals surface area contributed by atoms with Crippen molar-refractivity contribution in [2.75, 3.05) is 47.5 Å². The third-order valence-electron chi connectivity index (χ3n) is 11.5. The van der Waals surface area contributed by atoms with Crippen LogP contribution in [0.5, 0.6) is 0 Å². The minimum Gasteiger partial charge on any atom is -0.462 e. The second kappa shape index (κ2) is 44.7. The standard InChI is InChI=1S/C52H100NO8P/c1-6-8-10-12-14-16-18-20-22-24-25-26-27-28-29-31-32-34-36-38-40-42-44-51(54)58-48-50(49-60-62(56,57)59-47-46-53(3,4)5)61-52(55)45-43-41-39-37-35-33-30-23-21-19-17-15-13-11-9-7-2/h17,19,23,30,50H,6-16,18,20-22,24-29,31-49H2,1-5H3/p+1/b19-17-,30-23-. The molecule has 0 fully saturated rings. The SMILES string of the molecule is CCCCCC/C=C\C/C=C\CCCCCCCC(=O)OC(COC(=O)CCCCCCCCCCCCCCCCCCCCCCCC)COP(=O)(O)OCC[N+](C)(C)C. The Balaban J connectivity index is 4.20. The van der Waals surface area contributed by atoms with E-state index >= 15 is 0 Å². The third kappa shape index (κ3) is 48.0. The minimum absolute atomic E-state index is 0.0309. The number of nitrogens with zero attached hydrogens (tertiary/aromatic N) is 1. The molecular weight excluding hydrogens is 798 g/mol. The highest BCUT2D eigenvalue weighted by atomic mass is 31.2. The van der Waals surface area contributed by atoms with Crippen molar-refractivity contribution in [2.45, 2.75) is 251 Å². The van der Waals surface area contributed by atoms with E-state index in [0.29, 0.717) is 23.9 Å². The van der Waals surface area contributed by atoms with Crippen LogP contribution in [0.2, 0.25) is 0 Å². The zero-order chi connectivity index (χ0) is 45.7. The number of quaternary nitrogens is 1. The maximum absolute atomic E-state index is 12.7. The Morgan fingerprint density at radius 2 is 0.871 bits per heavy atom. The number of phosphoric acid groups is 1. The molecule has 0 aromatic heterocycles. The van der Waals surface area contributed by atoms with Crippen molar-refractivity contribution < 1.29 is 42.1 Å². The molecule has 0 bridgehead atoms. The summed E-state index contributed by atoms with van der Waals surface area (Å²) in [5, 5.41) is 0. The predicted octanol–water partition coefficient (Wildman–Crippen LogP) is 15.5. The van der Waals surface area contributed by atoms with Crippen LogP contribution < -0.4 is 0 Å². The van der Waals surface area contributed by atoms with Gasteiger partial charge in [-0.2, -0.15) is 0 Å². The van der Waals surface area contributed by atoms with Gasteiger partial charge in [-0.3, -0.25) is 18.6 Å². The summed E-state index contributed by atoms with van der Waals surface area (Å²) in [5.74, 6) is -0.802. The summed E-state index contributed by atoms with van der Waals surface area (Å²) >= 11 is 0. The number of phosphoric ester groups is 1. The summed E-state index contributed by atoms with van der Waals surface area (Å²) in [4.78, 5) is 35.5. The summed E-state index contributed by atoms with van der Waals surface area (Å²) in [6.07, 6.45) is 50.9. The van der Waals surface area contributed by atoms with Gasteiger partial charge in [0.15, 0.2) is 6.10 Å². The molecule has 0 rings (SSSR count). The first-order valence-electron chi connectivity index (χ1n) is 26.1. The van der Waals surface area contributed by atoms with Crippen LogP contribution in [0, 0.1) is 0 Å². The molecule has 2 unspecified atom stereocenters. The van der Waals surface area contributed by atoms with Gasteiger partial charge in [0.2, 0.25) is 0 Å². The maximum atomic E-state index is 12.7. The van der Waals surface area contributed by atoms with Gasteiger partial charge in [-0.15, -0.1) is 0 Å². The number of ether oxygens (including phenoxy) is 2. The van der Waals surface area contributed by atoms with Crippen molar-refractivity contribution in [1.29, 1.82) is 0 Å². The molecule has 2 atom stereocenters. The van der Waals surface area contributed by atoms with Crippen LogP contribution in [0.15, 0.2) is 24.3 Å². The van der Waals surface area contributed by atoms with Crippen LogP contribution in [0.3, 0.4) is 0 Å². The van der Waals surface area contributed by atoms with Gasteiger partial charge in [0.1, 0.15) is 19.8 Å². The van der Waals surface area contributed by atoms with Gasteiger partial charge in [-0.05, 0) is 44.9 Å². The van der Waals surface area contributed by atoms with Crippen LogP contribution >= 0.6 is 7.82 Å². The topological polar surface area (TPSA) is 108 Å². The van der Waals surface area contributed by atoms with Crippen molar-refractivity contribution in [3.8, 4) is 0 Å². The highest BCUT2D eigenvalue weighted by Gasteiger charge is 2.27. The highest BCUT2D eigenvalue weighted by molar-refractivity contribution is 7.47. The molecule has 10 heteroatoms.